The summed E-state index contributed by atoms with van der Waals surface area (Å²) in [5, 5.41) is 4.10. The van der Waals surface area contributed by atoms with Gasteiger partial charge < -0.3 is 15.5 Å². The Hall–Kier alpha value is -1.97. The van der Waals surface area contributed by atoms with E-state index in [9.17, 15) is 4.79 Å². The number of hydrogen-bond donors (Lipinski definition) is 2. The van der Waals surface area contributed by atoms with E-state index in [1.807, 2.05) is 18.2 Å². The van der Waals surface area contributed by atoms with Crippen molar-refractivity contribution in [1.29, 1.82) is 0 Å². The maximum atomic E-state index is 11.6. The van der Waals surface area contributed by atoms with E-state index in [4.69, 9.17) is 10.2 Å². The molecule has 0 aliphatic heterocycles. The summed E-state index contributed by atoms with van der Waals surface area (Å²) in [4.78, 5) is 11.6. The van der Waals surface area contributed by atoms with Gasteiger partial charge in [-0.25, -0.2) is 4.79 Å². The highest BCUT2D eigenvalue weighted by Gasteiger charge is 2.10. The lowest BCUT2D eigenvalue weighted by Gasteiger charge is -2.10. The second kappa shape index (κ2) is 5.58. The van der Waals surface area contributed by atoms with Gasteiger partial charge in [0, 0.05) is 11.9 Å². The van der Waals surface area contributed by atoms with E-state index in [1.165, 1.54) is 0 Å². The van der Waals surface area contributed by atoms with Crippen molar-refractivity contribution in [2.75, 3.05) is 17.6 Å². The van der Waals surface area contributed by atoms with Gasteiger partial charge in [-0.2, -0.15) is 0 Å². The fourth-order valence-corrected chi connectivity index (χ4v) is 1.94. The minimum Gasteiger partial charge on any atom is -0.421 e. The molecule has 2 aromatic rings. The van der Waals surface area contributed by atoms with Gasteiger partial charge in [0.2, 0.25) is 0 Å². The summed E-state index contributed by atoms with van der Waals surface area (Å²) >= 11 is 0. The van der Waals surface area contributed by atoms with Crippen LogP contribution in [0.4, 0.5) is 11.4 Å². The molecule has 0 amide bonds. The normalized spacial score (nSPS) is 10.7. The Kier molecular flexibility index (Phi) is 3.87. The first-order valence-corrected chi connectivity index (χ1v) is 6.29. The standard InChI is InChI=1S/C14H18N2O2/c1-2-3-6-9-16-13-10-7-4-5-8-11(10)18-14(17)12(13)15/h4-5,7-8,16H,2-3,6,9,15H2,1H3. The van der Waals surface area contributed by atoms with Crippen molar-refractivity contribution in [3.8, 4) is 0 Å². The molecule has 1 heterocycles. The summed E-state index contributed by atoms with van der Waals surface area (Å²) < 4.78 is 5.14. The number of anilines is 2. The predicted octanol–water partition coefficient (Wildman–Crippen LogP) is 2.98. The molecule has 18 heavy (non-hydrogen) atoms. The highest BCUT2D eigenvalue weighted by Crippen LogP contribution is 2.26. The topological polar surface area (TPSA) is 68.3 Å². The van der Waals surface area contributed by atoms with Gasteiger partial charge in [0.1, 0.15) is 11.3 Å². The van der Waals surface area contributed by atoms with Gasteiger partial charge in [-0.3, -0.25) is 0 Å². The number of nitrogens with two attached hydrogens (primary N) is 1. The zero-order valence-electron chi connectivity index (χ0n) is 10.5. The van der Waals surface area contributed by atoms with Gasteiger partial charge in [0.15, 0.2) is 0 Å². The molecule has 4 heteroatoms. The van der Waals surface area contributed by atoms with Crippen LogP contribution in [-0.4, -0.2) is 6.54 Å². The van der Waals surface area contributed by atoms with E-state index in [2.05, 4.69) is 12.2 Å². The number of nitrogen functional groups attached to an aromatic ring is 1. The van der Waals surface area contributed by atoms with Crippen molar-refractivity contribution >= 4 is 22.3 Å². The maximum absolute atomic E-state index is 11.6. The van der Waals surface area contributed by atoms with Gasteiger partial charge in [-0.15, -0.1) is 0 Å². The predicted molar refractivity (Wildman–Crippen MR) is 74.9 cm³/mol. The Morgan fingerprint density at radius 3 is 2.83 bits per heavy atom. The first-order chi connectivity index (χ1) is 8.74. The summed E-state index contributed by atoms with van der Waals surface area (Å²) in [5.74, 6) is 0. The van der Waals surface area contributed by atoms with E-state index in [0.717, 1.165) is 31.2 Å². The molecule has 0 unspecified atom stereocenters. The quantitative estimate of drug-likeness (QED) is 0.628. The molecular weight excluding hydrogens is 228 g/mol. The number of unbranched alkanes of at least 4 members (excludes halogenated alkanes) is 2. The Morgan fingerprint density at radius 1 is 1.28 bits per heavy atom. The lowest BCUT2D eigenvalue weighted by Crippen LogP contribution is -2.13. The summed E-state index contributed by atoms with van der Waals surface area (Å²) in [7, 11) is 0. The molecule has 0 saturated carbocycles. The van der Waals surface area contributed by atoms with Crippen molar-refractivity contribution in [1.82, 2.24) is 0 Å². The lowest BCUT2D eigenvalue weighted by atomic mass is 10.1. The molecule has 4 nitrogen and oxygen atoms in total. The van der Waals surface area contributed by atoms with Crippen LogP contribution in [0.15, 0.2) is 33.5 Å². The molecule has 0 atom stereocenters. The zero-order valence-corrected chi connectivity index (χ0v) is 10.5. The van der Waals surface area contributed by atoms with Crippen LogP contribution in [-0.2, 0) is 0 Å². The van der Waals surface area contributed by atoms with Crippen LogP contribution in [0.3, 0.4) is 0 Å². The minimum atomic E-state index is -0.480. The first-order valence-electron chi connectivity index (χ1n) is 6.29. The largest absolute Gasteiger partial charge is 0.421 e. The average Bonchev–Trinajstić information content (AvgIpc) is 2.38. The van der Waals surface area contributed by atoms with Crippen molar-refractivity contribution in [3.05, 3.63) is 34.7 Å². The Morgan fingerprint density at radius 2 is 2.06 bits per heavy atom. The molecule has 0 radical (unpaired) electrons. The number of para-hydroxylation sites is 1. The molecule has 0 aliphatic rings. The van der Waals surface area contributed by atoms with Crippen molar-refractivity contribution in [3.63, 3.8) is 0 Å². The molecule has 1 aromatic heterocycles. The number of nitrogens with one attached hydrogen (secondary N) is 1. The molecule has 96 valence electrons. The van der Waals surface area contributed by atoms with E-state index in [1.54, 1.807) is 6.07 Å². The second-order valence-electron chi connectivity index (χ2n) is 4.31. The summed E-state index contributed by atoms with van der Waals surface area (Å²) in [6.45, 7) is 2.96. The van der Waals surface area contributed by atoms with E-state index in [0.29, 0.717) is 11.3 Å². The van der Waals surface area contributed by atoms with E-state index >= 15 is 0 Å². The molecule has 0 spiro atoms. The van der Waals surface area contributed by atoms with Crippen molar-refractivity contribution < 1.29 is 4.42 Å². The third-order valence-corrected chi connectivity index (χ3v) is 2.93. The van der Waals surface area contributed by atoms with Gasteiger partial charge in [-0.1, -0.05) is 31.9 Å². The molecule has 2 rings (SSSR count). The van der Waals surface area contributed by atoms with Gasteiger partial charge in [-0.05, 0) is 18.6 Å². The van der Waals surface area contributed by atoms with Crippen LogP contribution in [0, 0.1) is 0 Å². The Labute approximate surface area is 106 Å². The van der Waals surface area contributed by atoms with Crippen LogP contribution >= 0.6 is 0 Å². The number of rotatable bonds is 5. The Bertz CT molecular complexity index is 590. The van der Waals surface area contributed by atoms with Crippen LogP contribution in [0.2, 0.25) is 0 Å². The smallest absolute Gasteiger partial charge is 0.361 e. The van der Waals surface area contributed by atoms with Crippen LogP contribution < -0.4 is 16.7 Å². The second-order valence-corrected chi connectivity index (χ2v) is 4.31. The van der Waals surface area contributed by atoms with Gasteiger partial charge in [0.05, 0.1) is 5.69 Å². The fraction of sp³-hybridized carbons (Fsp3) is 0.357. The van der Waals surface area contributed by atoms with Crippen molar-refractivity contribution in [2.24, 2.45) is 0 Å². The lowest BCUT2D eigenvalue weighted by molar-refractivity contribution is 0.564. The van der Waals surface area contributed by atoms with Crippen LogP contribution in [0.1, 0.15) is 26.2 Å². The molecule has 0 bridgehead atoms. The van der Waals surface area contributed by atoms with Gasteiger partial charge in [0.25, 0.3) is 0 Å². The van der Waals surface area contributed by atoms with E-state index < -0.39 is 5.63 Å². The summed E-state index contributed by atoms with van der Waals surface area (Å²) in [6.07, 6.45) is 3.38. The summed E-state index contributed by atoms with van der Waals surface area (Å²) in [6, 6.07) is 7.41. The van der Waals surface area contributed by atoms with Crippen molar-refractivity contribution in [2.45, 2.75) is 26.2 Å². The average molecular weight is 246 g/mol. The molecular formula is C14H18N2O2. The third kappa shape index (κ3) is 2.47. The number of fused-ring (bicyclic) bond motifs is 1. The number of hydrogen-bond acceptors (Lipinski definition) is 4. The summed E-state index contributed by atoms with van der Waals surface area (Å²) in [5.41, 5.74) is 6.73. The molecule has 0 fully saturated rings. The molecule has 3 N–H and O–H groups in total. The molecule has 1 aromatic carbocycles. The fourth-order valence-electron chi connectivity index (χ4n) is 1.94. The highest BCUT2D eigenvalue weighted by atomic mass is 16.4. The molecule has 0 aliphatic carbocycles. The minimum absolute atomic E-state index is 0.158. The maximum Gasteiger partial charge on any atom is 0.361 e. The van der Waals surface area contributed by atoms with Crippen LogP contribution in [0.25, 0.3) is 11.0 Å². The number of benzene rings is 1. The monoisotopic (exact) mass is 246 g/mol. The third-order valence-electron chi connectivity index (χ3n) is 2.93. The van der Waals surface area contributed by atoms with Crippen LogP contribution in [0.5, 0.6) is 0 Å². The highest BCUT2D eigenvalue weighted by molar-refractivity contribution is 5.95. The van der Waals surface area contributed by atoms with Gasteiger partial charge >= 0.3 is 5.63 Å². The molecule has 0 saturated heterocycles. The Balaban J connectivity index is 2.35. The first kappa shape index (κ1) is 12.5. The zero-order chi connectivity index (χ0) is 13.0. The SMILES string of the molecule is CCCCCNc1c(N)c(=O)oc2ccccc12. The van der Waals surface area contributed by atoms with E-state index in [-0.39, 0.29) is 5.69 Å².